The maximum atomic E-state index is 13.3. The molecule has 3 rings (SSSR count). The van der Waals surface area contributed by atoms with Crippen LogP contribution < -0.4 is 5.73 Å². The molecule has 2 nitrogen and oxygen atoms in total. The summed E-state index contributed by atoms with van der Waals surface area (Å²) in [7, 11) is 0. The number of nitrogens with zero attached hydrogens (tertiary/aromatic N) is 1. The number of halogens is 1. The second-order valence-corrected chi connectivity index (χ2v) is 5.04. The van der Waals surface area contributed by atoms with Crippen molar-refractivity contribution in [3.8, 4) is 23.5 Å². The van der Waals surface area contributed by atoms with Crippen LogP contribution in [0.3, 0.4) is 0 Å². The van der Waals surface area contributed by atoms with Gasteiger partial charge in [0.15, 0.2) is 0 Å². The minimum atomic E-state index is -0.284. The van der Waals surface area contributed by atoms with Crippen molar-refractivity contribution in [3.05, 3.63) is 47.2 Å². The van der Waals surface area contributed by atoms with Gasteiger partial charge in [0.2, 0.25) is 0 Å². The smallest absolute Gasteiger partial charge is 0.127 e. The number of terminal acetylenes is 1. The van der Waals surface area contributed by atoms with Crippen molar-refractivity contribution in [2.24, 2.45) is 0 Å². The van der Waals surface area contributed by atoms with Crippen LogP contribution in [-0.2, 0) is 0 Å². The Morgan fingerprint density at radius 1 is 1.32 bits per heavy atom. The molecule has 3 aromatic rings. The van der Waals surface area contributed by atoms with Crippen molar-refractivity contribution >= 4 is 27.2 Å². The first kappa shape index (κ1) is 11.7. The molecule has 0 amide bonds. The zero-order chi connectivity index (χ0) is 13.4. The molecule has 0 atom stereocenters. The van der Waals surface area contributed by atoms with Crippen molar-refractivity contribution in [2.75, 3.05) is 5.73 Å². The van der Waals surface area contributed by atoms with Gasteiger partial charge in [0.25, 0.3) is 0 Å². The Morgan fingerprint density at radius 3 is 2.89 bits per heavy atom. The summed E-state index contributed by atoms with van der Waals surface area (Å²) in [6.45, 7) is 0. The molecule has 2 N–H and O–H groups in total. The Bertz CT molecular complexity index is 815. The Morgan fingerprint density at radius 2 is 2.16 bits per heavy atom. The number of anilines is 1. The summed E-state index contributed by atoms with van der Waals surface area (Å²) in [4.78, 5) is 5.70. The fourth-order valence-electron chi connectivity index (χ4n) is 2.05. The lowest BCUT2D eigenvalue weighted by molar-refractivity contribution is 0.628. The lowest BCUT2D eigenvalue weighted by atomic mass is 10.0. The van der Waals surface area contributed by atoms with Gasteiger partial charge in [-0.15, -0.1) is 17.8 Å². The lowest BCUT2D eigenvalue weighted by Gasteiger charge is -2.04. The van der Waals surface area contributed by atoms with E-state index in [4.69, 9.17) is 12.2 Å². The topological polar surface area (TPSA) is 38.9 Å². The van der Waals surface area contributed by atoms with E-state index >= 15 is 0 Å². The molecule has 19 heavy (non-hydrogen) atoms. The lowest BCUT2D eigenvalue weighted by Crippen LogP contribution is -1.88. The largest absolute Gasteiger partial charge is 0.396 e. The zero-order valence-electron chi connectivity index (χ0n) is 9.85. The maximum Gasteiger partial charge on any atom is 0.127 e. The minimum absolute atomic E-state index is 0.284. The third kappa shape index (κ3) is 1.85. The Labute approximate surface area is 113 Å². The van der Waals surface area contributed by atoms with E-state index < -0.39 is 0 Å². The van der Waals surface area contributed by atoms with Crippen LogP contribution in [-0.4, -0.2) is 4.98 Å². The molecule has 4 heteroatoms. The standard InChI is InChI=1S/C15H9FN2S/c1-2-12-14(17)13-11(6-7-18-15(13)19-12)9-4-3-5-10(16)8-9/h1,3-8H,17H2. The summed E-state index contributed by atoms with van der Waals surface area (Å²) >= 11 is 1.37. The number of thiophene rings is 1. The number of benzene rings is 1. The molecule has 2 heterocycles. The predicted molar refractivity (Wildman–Crippen MR) is 77.4 cm³/mol. The highest BCUT2D eigenvalue weighted by atomic mass is 32.1. The summed E-state index contributed by atoms with van der Waals surface area (Å²) in [6, 6.07) is 8.21. The molecule has 0 saturated carbocycles. The highest BCUT2D eigenvalue weighted by molar-refractivity contribution is 7.20. The zero-order valence-corrected chi connectivity index (χ0v) is 10.7. The van der Waals surface area contributed by atoms with Gasteiger partial charge in [-0.2, -0.15) is 0 Å². The molecule has 0 aliphatic carbocycles. The summed E-state index contributed by atoms with van der Waals surface area (Å²) < 4.78 is 13.3. The van der Waals surface area contributed by atoms with Gasteiger partial charge in [0.1, 0.15) is 15.5 Å². The van der Waals surface area contributed by atoms with Crippen molar-refractivity contribution in [1.82, 2.24) is 4.98 Å². The number of hydrogen-bond acceptors (Lipinski definition) is 3. The average Bonchev–Trinajstić information content (AvgIpc) is 2.75. The predicted octanol–water partition coefficient (Wildman–Crippen LogP) is 3.67. The van der Waals surface area contributed by atoms with E-state index in [0.29, 0.717) is 10.6 Å². The van der Waals surface area contributed by atoms with Crippen molar-refractivity contribution < 1.29 is 4.39 Å². The van der Waals surface area contributed by atoms with E-state index in [2.05, 4.69) is 10.9 Å². The number of nitrogens with two attached hydrogens (primary N) is 1. The van der Waals surface area contributed by atoms with Crippen molar-refractivity contribution in [1.29, 1.82) is 0 Å². The molecule has 1 aromatic carbocycles. The second-order valence-electron chi connectivity index (χ2n) is 4.04. The van der Waals surface area contributed by atoms with Crippen LogP contribution in [0.25, 0.3) is 21.3 Å². The molecule has 0 bridgehead atoms. The molecule has 0 fully saturated rings. The van der Waals surface area contributed by atoms with E-state index in [1.807, 2.05) is 12.1 Å². The first-order valence-electron chi connectivity index (χ1n) is 5.60. The third-order valence-corrected chi connectivity index (χ3v) is 3.94. The minimum Gasteiger partial charge on any atom is -0.396 e. The molecule has 0 saturated heterocycles. The molecular formula is C15H9FN2S. The average molecular weight is 268 g/mol. The Kier molecular flexibility index (Phi) is 2.69. The van der Waals surface area contributed by atoms with Gasteiger partial charge in [-0.1, -0.05) is 18.1 Å². The van der Waals surface area contributed by atoms with Gasteiger partial charge < -0.3 is 5.73 Å². The molecule has 2 aromatic heterocycles. The van der Waals surface area contributed by atoms with Crippen LogP contribution >= 0.6 is 11.3 Å². The second kappa shape index (κ2) is 4.38. The van der Waals surface area contributed by atoms with E-state index in [0.717, 1.165) is 21.3 Å². The van der Waals surface area contributed by atoms with Gasteiger partial charge in [-0.05, 0) is 29.3 Å². The molecule has 0 radical (unpaired) electrons. The third-order valence-electron chi connectivity index (χ3n) is 2.90. The SMILES string of the molecule is C#Cc1sc2nccc(-c3cccc(F)c3)c2c1N. The molecular weight excluding hydrogens is 259 g/mol. The monoisotopic (exact) mass is 268 g/mol. The van der Waals surface area contributed by atoms with Crippen LogP contribution in [0.15, 0.2) is 36.5 Å². The van der Waals surface area contributed by atoms with Crippen LogP contribution in [0.5, 0.6) is 0 Å². The quantitative estimate of drug-likeness (QED) is 0.684. The van der Waals surface area contributed by atoms with Crippen LogP contribution in [0.1, 0.15) is 4.88 Å². The molecule has 0 aliphatic rings. The van der Waals surface area contributed by atoms with Crippen LogP contribution in [0.4, 0.5) is 10.1 Å². The molecule has 0 spiro atoms. The maximum absolute atomic E-state index is 13.3. The fourth-order valence-corrected chi connectivity index (χ4v) is 2.95. The van der Waals surface area contributed by atoms with Gasteiger partial charge >= 0.3 is 0 Å². The van der Waals surface area contributed by atoms with Crippen molar-refractivity contribution in [3.63, 3.8) is 0 Å². The summed E-state index contributed by atoms with van der Waals surface area (Å²) in [5, 5.41) is 0.797. The van der Waals surface area contributed by atoms with Crippen LogP contribution in [0.2, 0.25) is 0 Å². The highest BCUT2D eigenvalue weighted by Gasteiger charge is 2.14. The summed E-state index contributed by atoms with van der Waals surface area (Å²) in [6.07, 6.45) is 7.10. The number of nitrogen functional groups attached to an aromatic ring is 1. The summed E-state index contributed by atoms with van der Waals surface area (Å²) in [5.41, 5.74) is 8.21. The van der Waals surface area contributed by atoms with Gasteiger partial charge in [0.05, 0.1) is 5.69 Å². The van der Waals surface area contributed by atoms with Crippen molar-refractivity contribution in [2.45, 2.75) is 0 Å². The number of pyridine rings is 1. The summed E-state index contributed by atoms with van der Waals surface area (Å²) in [5.74, 6) is 2.27. The first-order valence-corrected chi connectivity index (χ1v) is 6.42. The van der Waals surface area contributed by atoms with Crippen LogP contribution in [0, 0.1) is 18.2 Å². The van der Waals surface area contributed by atoms with E-state index in [-0.39, 0.29) is 5.82 Å². The fraction of sp³-hybridized carbons (Fsp3) is 0. The van der Waals surface area contributed by atoms with E-state index in [1.54, 1.807) is 12.3 Å². The Hall–Kier alpha value is -2.38. The first-order chi connectivity index (χ1) is 9.20. The van der Waals surface area contributed by atoms with E-state index in [1.165, 1.54) is 23.5 Å². The van der Waals surface area contributed by atoms with Gasteiger partial charge in [0, 0.05) is 11.6 Å². The molecule has 92 valence electrons. The molecule has 0 unspecified atom stereocenters. The number of fused-ring (bicyclic) bond motifs is 1. The molecule has 0 aliphatic heterocycles. The highest BCUT2D eigenvalue weighted by Crippen LogP contribution is 2.38. The van der Waals surface area contributed by atoms with E-state index in [9.17, 15) is 4.39 Å². The van der Waals surface area contributed by atoms with Gasteiger partial charge in [-0.25, -0.2) is 9.37 Å². The van der Waals surface area contributed by atoms with Gasteiger partial charge in [-0.3, -0.25) is 0 Å². The number of aromatic nitrogens is 1. The number of hydrogen-bond donors (Lipinski definition) is 1. The number of rotatable bonds is 1. The normalized spacial score (nSPS) is 10.5. The Balaban J connectivity index is 2.36.